The van der Waals surface area contributed by atoms with E-state index >= 15 is 0 Å². The Morgan fingerprint density at radius 3 is 2.07 bits per heavy atom. The predicted molar refractivity (Wildman–Crippen MR) is 188 cm³/mol. The number of nitrogens with zero attached hydrogens (tertiary/aromatic N) is 4. The summed E-state index contributed by atoms with van der Waals surface area (Å²) in [6, 6.07) is 33.7. The van der Waals surface area contributed by atoms with E-state index in [4.69, 9.17) is 4.98 Å². The third-order valence-electron chi connectivity index (χ3n) is 9.37. The lowest BCUT2D eigenvalue weighted by Gasteiger charge is -2.29. The van der Waals surface area contributed by atoms with Gasteiger partial charge in [-0.05, 0) is 71.7 Å². The van der Waals surface area contributed by atoms with Crippen molar-refractivity contribution in [3.05, 3.63) is 126 Å². The van der Waals surface area contributed by atoms with Crippen molar-refractivity contribution in [1.29, 1.82) is 0 Å². The van der Waals surface area contributed by atoms with Crippen LogP contribution in [0.25, 0.3) is 44.3 Å². The summed E-state index contributed by atoms with van der Waals surface area (Å²) in [5.41, 5.74) is 7.93. The lowest BCUT2D eigenvalue weighted by molar-refractivity contribution is -0.727. The van der Waals surface area contributed by atoms with E-state index in [9.17, 15) is 5.11 Å². The maximum Gasteiger partial charge on any atom is 0.245 e. The SMILES string of the molecule is CC(C)(C)c1ccc(O)c(-n2[c-][n+](C(C)(C)c3cc(C(C)(C)C)c4c5ccccc5n(-c5ccccn5)c4c3)c3ccccc32)c1. The van der Waals surface area contributed by atoms with Gasteiger partial charge < -0.3 is 14.2 Å². The van der Waals surface area contributed by atoms with Crippen LogP contribution in [0, 0.1) is 6.33 Å². The molecule has 0 unspecified atom stereocenters. The van der Waals surface area contributed by atoms with Crippen LogP contribution in [0.2, 0.25) is 0 Å². The molecule has 0 atom stereocenters. The fourth-order valence-corrected chi connectivity index (χ4v) is 6.73. The molecule has 7 rings (SSSR count). The molecule has 0 radical (unpaired) electrons. The molecule has 232 valence electrons. The molecule has 5 nitrogen and oxygen atoms in total. The maximum absolute atomic E-state index is 11.1. The summed E-state index contributed by atoms with van der Waals surface area (Å²) in [4.78, 5) is 4.80. The van der Waals surface area contributed by atoms with Gasteiger partial charge in [-0.2, -0.15) is 0 Å². The van der Waals surface area contributed by atoms with Crippen molar-refractivity contribution >= 4 is 32.8 Å². The van der Waals surface area contributed by atoms with Crippen LogP contribution in [0.4, 0.5) is 0 Å². The van der Waals surface area contributed by atoms with E-state index in [1.165, 1.54) is 21.9 Å². The summed E-state index contributed by atoms with van der Waals surface area (Å²) >= 11 is 0. The quantitative estimate of drug-likeness (QED) is 0.160. The molecular weight excluding hydrogens is 564 g/mol. The summed E-state index contributed by atoms with van der Waals surface area (Å²) in [6.07, 6.45) is 5.56. The Bertz CT molecular complexity index is 2260. The molecule has 0 bridgehead atoms. The molecule has 1 N–H and O–H groups in total. The van der Waals surface area contributed by atoms with Crippen LogP contribution < -0.4 is 4.57 Å². The van der Waals surface area contributed by atoms with Crippen molar-refractivity contribution in [2.45, 2.75) is 71.8 Å². The zero-order valence-corrected chi connectivity index (χ0v) is 28.1. The molecule has 0 aliphatic rings. The van der Waals surface area contributed by atoms with Crippen LogP contribution in [0.15, 0.2) is 103 Å². The van der Waals surface area contributed by atoms with Gasteiger partial charge in [-0.3, -0.25) is 4.57 Å². The van der Waals surface area contributed by atoms with Crippen molar-refractivity contribution in [1.82, 2.24) is 14.1 Å². The molecule has 5 heteroatoms. The zero-order chi connectivity index (χ0) is 32.6. The molecule has 0 amide bonds. The van der Waals surface area contributed by atoms with Gasteiger partial charge in [-0.15, -0.1) is 0 Å². The Morgan fingerprint density at radius 2 is 1.37 bits per heavy atom. The number of phenolic OH excluding ortho intramolecular Hbond substituents is 1. The van der Waals surface area contributed by atoms with Crippen molar-refractivity contribution in [3.63, 3.8) is 0 Å². The number of imidazole rings is 1. The normalized spacial score (nSPS) is 12.9. The van der Waals surface area contributed by atoms with Crippen molar-refractivity contribution in [3.8, 4) is 17.3 Å². The monoisotopic (exact) mass is 606 g/mol. The standard InChI is InChI=1S/C41H42N4O/c1-39(2,3)27-20-21-36(46)34(24-27)43-26-44(33-18-12-11-17-32(33)43)41(7,8)28-23-30(40(4,5)6)38-29-15-9-10-16-31(29)45(35(38)25-28)37-19-13-14-22-42-37/h9-25,46H,1-8H3. The Kier molecular flexibility index (Phi) is 6.68. The van der Waals surface area contributed by atoms with E-state index in [1.54, 1.807) is 6.07 Å². The highest BCUT2D eigenvalue weighted by Gasteiger charge is 2.33. The minimum atomic E-state index is -0.512. The number of rotatable bonds is 4. The molecule has 7 aromatic rings. The van der Waals surface area contributed by atoms with Crippen molar-refractivity contribution in [2.75, 3.05) is 0 Å². The number of phenols is 1. The van der Waals surface area contributed by atoms with Gasteiger partial charge >= 0.3 is 0 Å². The number of benzene rings is 4. The first-order chi connectivity index (χ1) is 21.8. The number of hydrogen-bond acceptors (Lipinski definition) is 2. The van der Waals surface area contributed by atoms with Gasteiger partial charge in [-0.25, -0.2) is 4.98 Å². The third kappa shape index (κ3) is 4.68. The van der Waals surface area contributed by atoms with E-state index in [0.717, 1.165) is 39.1 Å². The molecule has 0 saturated carbocycles. The molecule has 0 aliphatic heterocycles. The van der Waals surface area contributed by atoms with Crippen LogP contribution in [0.5, 0.6) is 5.75 Å². The molecule has 0 aliphatic carbocycles. The van der Waals surface area contributed by atoms with Gasteiger partial charge in [0.25, 0.3) is 0 Å². The molecule has 3 heterocycles. The largest absolute Gasteiger partial charge is 0.513 e. The number of para-hydroxylation sites is 3. The number of pyridine rings is 1. The summed E-state index contributed by atoms with van der Waals surface area (Å²) in [7, 11) is 0. The minimum Gasteiger partial charge on any atom is -0.513 e. The highest BCUT2D eigenvalue weighted by Crippen LogP contribution is 2.41. The van der Waals surface area contributed by atoms with Gasteiger partial charge in [0, 0.05) is 17.0 Å². The highest BCUT2D eigenvalue weighted by molar-refractivity contribution is 6.11. The van der Waals surface area contributed by atoms with Gasteiger partial charge in [0.1, 0.15) is 17.1 Å². The summed E-state index contributed by atoms with van der Waals surface area (Å²) in [5.74, 6) is 1.12. The number of hydrogen-bond donors (Lipinski definition) is 1. The second kappa shape index (κ2) is 10.3. The first-order valence-corrected chi connectivity index (χ1v) is 16.1. The van der Waals surface area contributed by atoms with E-state index in [0.29, 0.717) is 0 Å². The van der Waals surface area contributed by atoms with Crippen LogP contribution in [-0.4, -0.2) is 19.2 Å². The Balaban J connectivity index is 1.53. The molecule has 0 fully saturated rings. The van der Waals surface area contributed by atoms with Gasteiger partial charge in [0.15, 0.2) is 0 Å². The average molecular weight is 607 g/mol. The van der Waals surface area contributed by atoms with Crippen LogP contribution in [0.1, 0.15) is 72.1 Å². The Hall–Kier alpha value is -4.90. The molecule has 3 aromatic heterocycles. The fraction of sp³-hybridized carbons (Fsp3) is 0.268. The van der Waals surface area contributed by atoms with Crippen molar-refractivity contribution in [2.24, 2.45) is 0 Å². The van der Waals surface area contributed by atoms with E-state index in [-0.39, 0.29) is 16.6 Å². The van der Waals surface area contributed by atoms with Crippen molar-refractivity contribution < 1.29 is 9.67 Å². The van der Waals surface area contributed by atoms with E-state index in [1.807, 2.05) is 35.0 Å². The summed E-state index contributed by atoms with van der Waals surface area (Å²) < 4.78 is 6.54. The topological polar surface area (TPSA) is 46.9 Å². The Labute approximate surface area is 271 Å². The molecule has 4 aromatic carbocycles. The van der Waals surface area contributed by atoms with Gasteiger partial charge in [-0.1, -0.05) is 108 Å². The number of fused-ring (bicyclic) bond motifs is 4. The Morgan fingerprint density at radius 1 is 0.674 bits per heavy atom. The lowest BCUT2D eigenvalue weighted by atomic mass is 9.80. The second-order valence-electron chi connectivity index (χ2n) is 15.0. The third-order valence-corrected chi connectivity index (χ3v) is 9.37. The first kappa shape index (κ1) is 29.8. The van der Waals surface area contributed by atoms with E-state index < -0.39 is 5.54 Å². The first-order valence-electron chi connectivity index (χ1n) is 16.1. The molecule has 46 heavy (non-hydrogen) atoms. The van der Waals surface area contributed by atoms with Crippen LogP contribution >= 0.6 is 0 Å². The minimum absolute atomic E-state index is 0.0640. The molecular formula is C41H42N4O. The van der Waals surface area contributed by atoms with Crippen LogP contribution in [-0.2, 0) is 16.4 Å². The van der Waals surface area contributed by atoms with Crippen LogP contribution in [0.3, 0.4) is 0 Å². The zero-order valence-electron chi connectivity index (χ0n) is 28.1. The second-order valence-corrected chi connectivity index (χ2v) is 15.0. The molecule has 0 saturated heterocycles. The maximum atomic E-state index is 11.1. The molecule has 0 spiro atoms. The number of aromatic nitrogens is 4. The lowest BCUT2D eigenvalue weighted by Crippen LogP contribution is -2.52. The van der Waals surface area contributed by atoms with E-state index in [2.05, 4.69) is 138 Å². The highest BCUT2D eigenvalue weighted by atomic mass is 16.3. The number of aromatic hydroxyl groups is 1. The summed E-state index contributed by atoms with van der Waals surface area (Å²) in [5, 5.41) is 13.6. The van der Waals surface area contributed by atoms with Gasteiger partial charge in [0.2, 0.25) is 6.33 Å². The fourth-order valence-electron chi connectivity index (χ4n) is 6.73. The van der Waals surface area contributed by atoms with Gasteiger partial charge in [0.05, 0.1) is 27.8 Å². The smallest absolute Gasteiger partial charge is 0.245 e. The average Bonchev–Trinajstić information content (AvgIpc) is 3.57. The summed E-state index contributed by atoms with van der Waals surface area (Å²) in [6.45, 7) is 18.0. The predicted octanol–water partition coefficient (Wildman–Crippen LogP) is 9.29.